The van der Waals surface area contributed by atoms with E-state index in [1.54, 1.807) is 6.07 Å². The lowest BCUT2D eigenvalue weighted by Gasteiger charge is -2.07. The maximum absolute atomic E-state index is 12.1. The van der Waals surface area contributed by atoms with Crippen LogP contribution in [0.25, 0.3) is 0 Å². The third-order valence-electron chi connectivity index (χ3n) is 2.68. The minimum Gasteiger partial charge on any atom is -0.480 e. The van der Waals surface area contributed by atoms with Crippen LogP contribution in [0.1, 0.15) is 10.5 Å². The molecule has 108 valence electrons. The molecule has 1 amide bonds. The van der Waals surface area contributed by atoms with Gasteiger partial charge in [-0.1, -0.05) is 6.07 Å². The van der Waals surface area contributed by atoms with Gasteiger partial charge in [-0.25, -0.2) is 0 Å². The van der Waals surface area contributed by atoms with E-state index in [-0.39, 0.29) is 23.6 Å². The summed E-state index contributed by atoms with van der Waals surface area (Å²) in [4.78, 5) is 32.9. The summed E-state index contributed by atoms with van der Waals surface area (Å²) in [6, 6.07) is 8.51. The van der Waals surface area contributed by atoms with Gasteiger partial charge in [0.05, 0.1) is 4.92 Å². The van der Waals surface area contributed by atoms with Crippen molar-refractivity contribution in [2.24, 2.45) is 0 Å². The number of carbonyl (C=O) groups excluding carboxylic acids is 1. The van der Waals surface area contributed by atoms with E-state index in [2.05, 4.69) is 5.32 Å². The predicted molar refractivity (Wildman–Crippen MR) is 73.1 cm³/mol. The molecule has 0 aliphatic carbocycles. The SMILES string of the molecule is O=C(O)Cn1cccc1C(=O)Nc1cccc([N+](=O)[O-])c1. The molecule has 0 aliphatic heterocycles. The minimum absolute atomic E-state index is 0.145. The molecule has 0 aliphatic rings. The zero-order valence-corrected chi connectivity index (χ0v) is 10.7. The van der Waals surface area contributed by atoms with Crippen LogP contribution in [-0.2, 0) is 11.3 Å². The highest BCUT2D eigenvalue weighted by atomic mass is 16.6. The van der Waals surface area contributed by atoms with E-state index in [4.69, 9.17) is 5.11 Å². The first kappa shape index (κ1) is 14.3. The van der Waals surface area contributed by atoms with Crippen LogP contribution < -0.4 is 5.32 Å². The molecular formula is C13H11N3O5. The molecule has 8 nitrogen and oxygen atoms in total. The topological polar surface area (TPSA) is 114 Å². The zero-order chi connectivity index (χ0) is 15.4. The lowest BCUT2D eigenvalue weighted by molar-refractivity contribution is -0.384. The first-order chi connectivity index (χ1) is 9.97. The van der Waals surface area contributed by atoms with Gasteiger partial charge in [-0.15, -0.1) is 0 Å². The van der Waals surface area contributed by atoms with Crippen molar-refractivity contribution in [3.05, 3.63) is 58.4 Å². The summed E-state index contributed by atoms with van der Waals surface area (Å²) in [6.07, 6.45) is 1.47. The highest BCUT2D eigenvalue weighted by molar-refractivity contribution is 6.03. The van der Waals surface area contributed by atoms with E-state index in [1.165, 1.54) is 41.1 Å². The third-order valence-corrected chi connectivity index (χ3v) is 2.68. The van der Waals surface area contributed by atoms with Crippen molar-refractivity contribution in [1.29, 1.82) is 0 Å². The van der Waals surface area contributed by atoms with Crippen molar-refractivity contribution in [3.8, 4) is 0 Å². The van der Waals surface area contributed by atoms with Crippen molar-refractivity contribution >= 4 is 23.3 Å². The van der Waals surface area contributed by atoms with Gasteiger partial charge in [-0.05, 0) is 18.2 Å². The van der Waals surface area contributed by atoms with Gasteiger partial charge in [0, 0.05) is 24.0 Å². The monoisotopic (exact) mass is 289 g/mol. The van der Waals surface area contributed by atoms with Gasteiger partial charge < -0.3 is 15.0 Å². The highest BCUT2D eigenvalue weighted by Gasteiger charge is 2.14. The van der Waals surface area contributed by atoms with E-state index in [9.17, 15) is 19.7 Å². The number of nitro benzene ring substituents is 1. The van der Waals surface area contributed by atoms with Gasteiger partial charge in [-0.2, -0.15) is 0 Å². The highest BCUT2D eigenvalue weighted by Crippen LogP contribution is 2.18. The van der Waals surface area contributed by atoms with E-state index in [0.29, 0.717) is 0 Å². The van der Waals surface area contributed by atoms with Gasteiger partial charge in [0.2, 0.25) is 0 Å². The fraction of sp³-hybridized carbons (Fsp3) is 0.0769. The second-order valence-electron chi connectivity index (χ2n) is 4.18. The second-order valence-corrected chi connectivity index (χ2v) is 4.18. The molecule has 2 rings (SSSR count). The number of aliphatic carboxylic acids is 1. The Kier molecular flexibility index (Phi) is 3.98. The molecule has 8 heteroatoms. The van der Waals surface area contributed by atoms with Crippen molar-refractivity contribution in [1.82, 2.24) is 4.57 Å². The summed E-state index contributed by atoms with van der Waals surface area (Å²) >= 11 is 0. The lowest BCUT2D eigenvalue weighted by atomic mass is 10.2. The third kappa shape index (κ3) is 3.44. The fourth-order valence-electron chi connectivity index (χ4n) is 1.80. The number of non-ortho nitro benzene ring substituents is 1. The number of anilines is 1. The zero-order valence-electron chi connectivity index (χ0n) is 10.7. The Bertz CT molecular complexity index is 707. The van der Waals surface area contributed by atoms with Crippen LogP contribution in [0.5, 0.6) is 0 Å². The number of carbonyl (C=O) groups is 2. The molecule has 0 fully saturated rings. The molecule has 0 unspecified atom stereocenters. The van der Waals surface area contributed by atoms with E-state index >= 15 is 0 Å². The van der Waals surface area contributed by atoms with E-state index in [0.717, 1.165) is 0 Å². The number of benzene rings is 1. The normalized spacial score (nSPS) is 10.1. The summed E-state index contributed by atoms with van der Waals surface area (Å²) in [6.45, 7) is -0.343. The maximum Gasteiger partial charge on any atom is 0.323 e. The summed E-state index contributed by atoms with van der Waals surface area (Å²) in [5, 5.41) is 21.9. The van der Waals surface area contributed by atoms with E-state index < -0.39 is 16.8 Å². The Morgan fingerprint density at radius 3 is 2.71 bits per heavy atom. The number of nitrogens with one attached hydrogen (secondary N) is 1. The van der Waals surface area contributed by atoms with Crippen molar-refractivity contribution < 1.29 is 19.6 Å². The first-order valence-electron chi connectivity index (χ1n) is 5.90. The van der Waals surface area contributed by atoms with Gasteiger partial charge >= 0.3 is 5.97 Å². The molecule has 1 heterocycles. The number of carboxylic acid groups (broad SMARTS) is 1. The van der Waals surface area contributed by atoms with Gasteiger partial charge in [0.25, 0.3) is 11.6 Å². The number of carboxylic acids is 1. The molecule has 1 aromatic heterocycles. The van der Waals surface area contributed by atoms with Gasteiger partial charge in [-0.3, -0.25) is 19.7 Å². The van der Waals surface area contributed by atoms with Crippen LogP contribution in [-0.4, -0.2) is 26.5 Å². The molecule has 0 saturated carbocycles. The number of hydrogen-bond donors (Lipinski definition) is 2. The van der Waals surface area contributed by atoms with Crippen molar-refractivity contribution in [2.75, 3.05) is 5.32 Å². The predicted octanol–water partition coefficient (Wildman–Crippen LogP) is 1.73. The Balaban J connectivity index is 2.18. The molecule has 0 bridgehead atoms. The number of amides is 1. The quantitative estimate of drug-likeness (QED) is 0.642. The minimum atomic E-state index is -1.07. The second kappa shape index (κ2) is 5.87. The van der Waals surface area contributed by atoms with E-state index in [1.807, 2.05) is 0 Å². The summed E-state index contributed by atoms with van der Waals surface area (Å²) in [7, 11) is 0. The van der Waals surface area contributed by atoms with Crippen LogP contribution in [0.3, 0.4) is 0 Å². The van der Waals surface area contributed by atoms with Crippen LogP contribution in [0, 0.1) is 10.1 Å². The van der Waals surface area contributed by atoms with Crippen molar-refractivity contribution in [3.63, 3.8) is 0 Å². The average Bonchev–Trinajstić information content (AvgIpc) is 2.86. The largest absolute Gasteiger partial charge is 0.480 e. The molecule has 0 radical (unpaired) electrons. The smallest absolute Gasteiger partial charge is 0.323 e. The Labute approximate surface area is 118 Å². The van der Waals surface area contributed by atoms with Crippen molar-refractivity contribution in [2.45, 2.75) is 6.54 Å². The Morgan fingerprint density at radius 1 is 1.29 bits per heavy atom. The summed E-state index contributed by atoms with van der Waals surface area (Å²) in [5.41, 5.74) is 0.273. The maximum atomic E-state index is 12.1. The molecular weight excluding hydrogens is 278 g/mol. The first-order valence-corrected chi connectivity index (χ1v) is 5.90. The molecule has 0 atom stereocenters. The van der Waals surface area contributed by atoms with Crippen LogP contribution in [0.2, 0.25) is 0 Å². The molecule has 21 heavy (non-hydrogen) atoms. The fourth-order valence-corrected chi connectivity index (χ4v) is 1.80. The molecule has 2 N–H and O–H groups in total. The number of aromatic nitrogens is 1. The number of nitro groups is 1. The number of hydrogen-bond acceptors (Lipinski definition) is 4. The van der Waals surface area contributed by atoms with Gasteiger partial charge in [0.1, 0.15) is 12.2 Å². The standard InChI is InChI=1S/C13H11N3O5/c17-12(18)8-15-6-2-5-11(15)13(19)14-9-3-1-4-10(7-9)16(20)21/h1-7H,8H2,(H,14,19)(H,17,18). The molecule has 0 saturated heterocycles. The van der Waals surface area contributed by atoms with Crippen LogP contribution in [0.15, 0.2) is 42.6 Å². The molecule has 2 aromatic rings. The Hall–Kier alpha value is -3.16. The Morgan fingerprint density at radius 2 is 2.05 bits per heavy atom. The lowest BCUT2D eigenvalue weighted by Crippen LogP contribution is -2.19. The summed E-state index contributed by atoms with van der Waals surface area (Å²) in [5.74, 6) is -1.61. The molecule has 1 aromatic carbocycles. The average molecular weight is 289 g/mol. The number of rotatable bonds is 5. The van der Waals surface area contributed by atoms with Crippen LogP contribution >= 0.6 is 0 Å². The van der Waals surface area contributed by atoms with Crippen LogP contribution in [0.4, 0.5) is 11.4 Å². The molecule has 0 spiro atoms. The van der Waals surface area contributed by atoms with Gasteiger partial charge in [0.15, 0.2) is 0 Å². The summed E-state index contributed by atoms with van der Waals surface area (Å²) < 4.78 is 1.27. The number of nitrogens with zero attached hydrogens (tertiary/aromatic N) is 2.